The Labute approximate surface area is 105 Å². The van der Waals surface area contributed by atoms with E-state index in [1.165, 1.54) is 22.2 Å². The van der Waals surface area contributed by atoms with Crippen LogP contribution in [0.1, 0.15) is 0 Å². The number of aromatic nitrogens is 3. The third-order valence-corrected chi connectivity index (χ3v) is 3.31. The van der Waals surface area contributed by atoms with Gasteiger partial charge in [-0.25, -0.2) is 4.98 Å². The number of thiazole rings is 1. The smallest absolute Gasteiger partial charge is 0.292 e. The summed E-state index contributed by atoms with van der Waals surface area (Å²) < 4.78 is 1.76. The van der Waals surface area contributed by atoms with Crippen LogP contribution in [0.4, 0.5) is 5.69 Å². The zero-order chi connectivity index (χ0) is 12.5. The highest BCUT2D eigenvalue weighted by Crippen LogP contribution is 2.15. The Balaban J connectivity index is 1.99. The molecule has 0 fully saturated rings. The maximum Gasteiger partial charge on any atom is 0.292 e. The molecule has 3 aromatic rings. The van der Waals surface area contributed by atoms with Gasteiger partial charge in [-0.2, -0.15) is 9.61 Å². The van der Waals surface area contributed by atoms with Gasteiger partial charge in [0, 0.05) is 18.0 Å². The van der Waals surface area contributed by atoms with Gasteiger partial charge in [-0.05, 0) is 12.1 Å². The number of rotatable bonds is 2. The van der Waals surface area contributed by atoms with Crippen LogP contribution in [0.5, 0.6) is 5.75 Å². The van der Waals surface area contributed by atoms with Crippen molar-refractivity contribution in [1.29, 1.82) is 0 Å². The number of anilines is 1. The molecule has 0 aliphatic heterocycles. The minimum atomic E-state index is -0.208. The van der Waals surface area contributed by atoms with E-state index in [1.807, 2.05) is 0 Å². The van der Waals surface area contributed by atoms with Crippen LogP contribution < -0.4 is 15.4 Å². The molecule has 0 aliphatic rings. The van der Waals surface area contributed by atoms with Gasteiger partial charge in [0.25, 0.3) is 5.56 Å². The van der Waals surface area contributed by atoms with Gasteiger partial charge >= 0.3 is 0 Å². The number of hydrogen-bond acceptors (Lipinski definition) is 6. The molecule has 2 aromatic heterocycles. The average Bonchev–Trinajstić information content (AvgIpc) is 2.91. The molecule has 0 unspecified atom stereocenters. The van der Waals surface area contributed by atoms with Crippen molar-refractivity contribution in [3.8, 4) is 5.75 Å². The highest BCUT2D eigenvalue weighted by Gasteiger charge is 2.04. The average molecular weight is 260 g/mol. The van der Waals surface area contributed by atoms with Crippen molar-refractivity contribution in [2.24, 2.45) is 0 Å². The highest BCUT2D eigenvalue weighted by molar-refractivity contribution is 7.15. The van der Waals surface area contributed by atoms with E-state index in [-0.39, 0.29) is 11.3 Å². The molecule has 0 spiro atoms. The van der Waals surface area contributed by atoms with Gasteiger partial charge < -0.3 is 10.4 Å². The maximum atomic E-state index is 11.8. The second-order valence-electron chi connectivity index (χ2n) is 3.56. The van der Waals surface area contributed by atoms with Crippen LogP contribution in [0.25, 0.3) is 11.2 Å². The van der Waals surface area contributed by atoms with E-state index in [2.05, 4.69) is 15.4 Å². The van der Waals surface area contributed by atoms with Crippen molar-refractivity contribution >= 4 is 28.2 Å². The fraction of sp³-hybridized carbons (Fsp3) is 0. The number of nitrogens with one attached hydrogen (secondary N) is 1. The third-order valence-electron chi connectivity index (χ3n) is 2.34. The predicted molar refractivity (Wildman–Crippen MR) is 68.5 cm³/mol. The van der Waals surface area contributed by atoms with Crippen LogP contribution in [0.15, 0.2) is 35.4 Å². The molecule has 3 rings (SSSR count). The summed E-state index contributed by atoms with van der Waals surface area (Å²) in [6.45, 7) is 0. The van der Waals surface area contributed by atoms with Crippen molar-refractivity contribution in [3.05, 3.63) is 45.5 Å². The molecule has 0 amide bonds. The summed E-state index contributed by atoms with van der Waals surface area (Å²) in [4.78, 5) is 16.3. The Morgan fingerprint density at radius 1 is 1.44 bits per heavy atom. The lowest BCUT2D eigenvalue weighted by atomic mass is 10.3. The van der Waals surface area contributed by atoms with Gasteiger partial charge in [0.2, 0.25) is 4.96 Å². The summed E-state index contributed by atoms with van der Waals surface area (Å²) in [5.74, 6) is 0.165. The van der Waals surface area contributed by atoms with Crippen LogP contribution in [-0.2, 0) is 0 Å². The number of fused-ring (bicyclic) bond motifs is 1. The number of phenolic OH excluding ortho intramolecular Hbond substituents is 1. The van der Waals surface area contributed by atoms with Gasteiger partial charge in [0.15, 0.2) is 0 Å². The molecule has 0 bridgehead atoms. The van der Waals surface area contributed by atoms with Crippen LogP contribution >= 0.6 is 11.3 Å². The molecule has 0 saturated carbocycles. The molecule has 1 aromatic carbocycles. The van der Waals surface area contributed by atoms with E-state index >= 15 is 0 Å². The number of aromatic hydroxyl groups is 1. The Morgan fingerprint density at radius 2 is 2.33 bits per heavy atom. The first-order valence-corrected chi connectivity index (χ1v) is 5.94. The fourth-order valence-corrected chi connectivity index (χ4v) is 2.33. The molecular weight excluding hydrogens is 252 g/mol. The topological polar surface area (TPSA) is 79.5 Å². The van der Waals surface area contributed by atoms with E-state index in [0.29, 0.717) is 15.2 Å². The van der Waals surface area contributed by atoms with Crippen molar-refractivity contribution < 1.29 is 5.11 Å². The highest BCUT2D eigenvalue weighted by atomic mass is 32.1. The Kier molecular flexibility index (Phi) is 2.45. The van der Waals surface area contributed by atoms with Crippen molar-refractivity contribution in [1.82, 2.24) is 14.6 Å². The van der Waals surface area contributed by atoms with Crippen molar-refractivity contribution in [2.75, 3.05) is 5.32 Å². The van der Waals surface area contributed by atoms with Gasteiger partial charge in [0.05, 0.1) is 0 Å². The molecule has 0 aliphatic carbocycles. The molecule has 7 heteroatoms. The monoisotopic (exact) mass is 260 g/mol. The summed E-state index contributed by atoms with van der Waals surface area (Å²) >= 11 is 1.25. The van der Waals surface area contributed by atoms with Crippen molar-refractivity contribution in [3.63, 3.8) is 0 Å². The van der Waals surface area contributed by atoms with Gasteiger partial charge in [-0.15, -0.1) is 0 Å². The van der Waals surface area contributed by atoms with E-state index in [1.54, 1.807) is 30.5 Å². The summed E-state index contributed by atoms with van der Waals surface area (Å²) in [5, 5.41) is 16.1. The fourth-order valence-electron chi connectivity index (χ4n) is 1.52. The molecule has 2 heterocycles. The van der Waals surface area contributed by atoms with E-state index in [9.17, 15) is 9.90 Å². The van der Waals surface area contributed by atoms with Crippen molar-refractivity contribution in [2.45, 2.75) is 0 Å². The first kappa shape index (κ1) is 10.7. The minimum Gasteiger partial charge on any atom is -0.508 e. The zero-order valence-corrected chi connectivity index (χ0v) is 9.89. The lowest BCUT2D eigenvalue weighted by Crippen LogP contribution is -2.24. The Bertz CT molecular complexity index is 808. The molecule has 6 nitrogen and oxygen atoms in total. The van der Waals surface area contributed by atoms with Crippen LogP contribution in [-0.4, -0.2) is 19.7 Å². The molecule has 2 N–H and O–H groups in total. The largest absolute Gasteiger partial charge is 0.508 e. The number of phenols is 1. The van der Waals surface area contributed by atoms with Crippen LogP contribution in [0.2, 0.25) is 0 Å². The maximum absolute atomic E-state index is 11.8. The standard InChI is InChI=1S/C11H8N4O2S/c16-8-3-1-2-7(4-8)12-5-9-10(17)15-11(18-9)13-6-14-15/h1-6,12,16H/b9-5-. The predicted octanol–water partition coefficient (Wildman–Crippen LogP) is 0.426. The van der Waals surface area contributed by atoms with E-state index in [0.717, 1.165) is 0 Å². The van der Waals surface area contributed by atoms with Gasteiger partial charge in [0.1, 0.15) is 16.6 Å². The second kappa shape index (κ2) is 4.11. The molecule has 18 heavy (non-hydrogen) atoms. The molecular formula is C11H8N4O2S. The lowest BCUT2D eigenvalue weighted by molar-refractivity contribution is 0.475. The molecule has 0 saturated heterocycles. The SMILES string of the molecule is O=c1/c(=C/Nc2cccc(O)c2)sc2ncnn12. The number of nitrogens with zero attached hydrogens (tertiary/aromatic N) is 3. The first-order valence-electron chi connectivity index (χ1n) is 5.12. The molecule has 90 valence electrons. The van der Waals surface area contributed by atoms with Crippen LogP contribution in [0.3, 0.4) is 0 Å². The first-order chi connectivity index (χ1) is 8.74. The summed E-state index contributed by atoms with van der Waals surface area (Å²) in [6.07, 6.45) is 2.93. The van der Waals surface area contributed by atoms with Gasteiger partial charge in [-0.3, -0.25) is 4.79 Å². The van der Waals surface area contributed by atoms with E-state index < -0.39 is 0 Å². The van der Waals surface area contributed by atoms with E-state index in [4.69, 9.17) is 0 Å². The molecule has 0 radical (unpaired) electrons. The summed E-state index contributed by atoms with van der Waals surface area (Å²) in [7, 11) is 0. The Hall–Kier alpha value is -2.41. The molecule has 0 atom stereocenters. The number of hydrogen-bond donors (Lipinski definition) is 2. The quantitative estimate of drug-likeness (QED) is 0.698. The normalized spacial score (nSPS) is 12.1. The van der Waals surface area contributed by atoms with Crippen LogP contribution in [0, 0.1) is 0 Å². The minimum absolute atomic E-state index is 0.165. The zero-order valence-electron chi connectivity index (χ0n) is 9.07. The Morgan fingerprint density at radius 3 is 3.11 bits per heavy atom. The lowest BCUT2D eigenvalue weighted by Gasteiger charge is -1.99. The third kappa shape index (κ3) is 1.80. The summed E-state index contributed by atoms with van der Waals surface area (Å²) in [5.41, 5.74) is 0.494. The second-order valence-corrected chi connectivity index (χ2v) is 4.57. The van der Waals surface area contributed by atoms with Gasteiger partial charge in [-0.1, -0.05) is 17.4 Å². The summed E-state index contributed by atoms with van der Waals surface area (Å²) in [6, 6.07) is 6.65. The number of benzene rings is 1.